The molecule has 2 nitrogen and oxygen atoms in total. The maximum absolute atomic E-state index is 10.1. The molecule has 4 rings (SSSR count). The van der Waals surface area contributed by atoms with Crippen molar-refractivity contribution in [2.24, 2.45) is 0 Å². The van der Waals surface area contributed by atoms with Gasteiger partial charge in [0.1, 0.15) is 5.75 Å². The van der Waals surface area contributed by atoms with Crippen molar-refractivity contribution in [1.82, 2.24) is 4.90 Å². The van der Waals surface area contributed by atoms with Crippen LogP contribution in [0, 0.1) is 0 Å². The van der Waals surface area contributed by atoms with Crippen molar-refractivity contribution in [3.63, 3.8) is 0 Å². The maximum Gasteiger partial charge on any atom is 0.134 e. The second-order valence-corrected chi connectivity index (χ2v) is 6.92. The van der Waals surface area contributed by atoms with E-state index in [4.69, 9.17) is 11.6 Å². The number of phenols is 1. The van der Waals surface area contributed by atoms with Crippen molar-refractivity contribution < 1.29 is 5.11 Å². The zero-order valence-electron chi connectivity index (χ0n) is 12.7. The van der Waals surface area contributed by atoms with Gasteiger partial charge in [0, 0.05) is 18.5 Å². The number of aromatic hydroxyl groups is 1. The summed E-state index contributed by atoms with van der Waals surface area (Å²) in [6, 6.07) is 13.1. The molecule has 1 aliphatic heterocycles. The van der Waals surface area contributed by atoms with Gasteiger partial charge in [-0.25, -0.2) is 0 Å². The van der Waals surface area contributed by atoms with Crippen LogP contribution in [0.15, 0.2) is 36.4 Å². The van der Waals surface area contributed by atoms with E-state index in [2.05, 4.69) is 36.2 Å². The Hall–Kier alpha value is -1.51. The standard InChI is InChI=1S/C19H20ClNO/c1-21-9-8-13-10-16(20)18(22)11-15(13)19-14-5-3-2-4-12(14)6-7-17(19)21/h2-5,10-11,17,19,22H,6-9H2,1H3/t17-,19+/m1/s1. The highest BCUT2D eigenvalue weighted by atomic mass is 35.5. The topological polar surface area (TPSA) is 23.5 Å². The van der Waals surface area contributed by atoms with Crippen molar-refractivity contribution in [1.29, 1.82) is 0 Å². The molecule has 0 fully saturated rings. The Morgan fingerprint density at radius 3 is 2.77 bits per heavy atom. The summed E-state index contributed by atoms with van der Waals surface area (Å²) in [5, 5.41) is 10.6. The summed E-state index contributed by atoms with van der Waals surface area (Å²) in [5.41, 5.74) is 5.39. The fourth-order valence-corrected chi connectivity index (χ4v) is 4.37. The Labute approximate surface area is 136 Å². The molecule has 0 radical (unpaired) electrons. The molecule has 2 atom stereocenters. The van der Waals surface area contributed by atoms with Crippen LogP contribution in [-0.4, -0.2) is 29.6 Å². The number of halogens is 1. The monoisotopic (exact) mass is 313 g/mol. The van der Waals surface area contributed by atoms with E-state index in [0.717, 1.165) is 19.4 Å². The van der Waals surface area contributed by atoms with Crippen LogP contribution < -0.4 is 0 Å². The van der Waals surface area contributed by atoms with Gasteiger partial charge in [0.15, 0.2) is 0 Å². The number of aryl methyl sites for hydroxylation is 1. The minimum atomic E-state index is 0.201. The minimum Gasteiger partial charge on any atom is -0.506 e. The number of benzene rings is 2. The van der Waals surface area contributed by atoms with Crippen LogP contribution in [0.2, 0.25) is 5.02 Å². The van der Waals surface area contributed by atoms with E-state index < -0.39 is 0 Å². The van der Waals surface area contributed by atoms with Crippen LogP contribution in [0.3, 0.4) is 0 Å². The highest BCUT2D eigenvalue weighted by molar-refractivity contribution is 6.32. The highest BCUT2D eigenvalue weighted by Gasteiger charge is 2.36. The van der Waals surface area contributed by atoms with Gasteiger partial charge in [-0.2, -0.15) is 0 Å². The van der Waals surface area contributed by atoms with Gasteiger partial charge < -0.3 is 10.0 Å². The molecule has 1 heterocycles. The molecule has 0 amide bonds. The van der Waals surface area contributed by atoms with Gasteiger partial charge in [-0.1, -0.05) is 35.9 Å². The third-order valence-corrected chi connectivity index (χ3v) is 5.63. The van der Waals surface area contributed by atoms with Gasteiger partial charge in [0.2, 0.25) is 0 Å². The summed E-state index contributed by atoms with van der Waals surface area (Å²) < 4.78 is 0. The van der Waals surface area contributed by atoms with E-state index in [9.17, 15) is 5.11 Å². The van der Waals surface area contributed by atoms with E-state index >= 15 is 0 Å². The molecule has 0 aromatic heterocycles. The summed E-state index contributed by atoms with van der Waals surface area (Å²) in [4.78, 5) is 2.48. The lowest BCUT2D eigenvalue weighted by molar-refractivity contribution is 0.214. The largest absolute Gasteiger partial charge is 0.506 e. The summed E-state index contributed by atoms with van der Waals surface area (Å²) in [6.07, 6.45) is 3.29. The molecule has 1 N–H and O–H groups in total. The second-order valence-electron chi connectivity index (χ2n) is 6.52. The van der Waals surface area contributed by atoms with Crippen LogP contribution in [0.25, 0.3) is 0 Å². The Balaban J connectivity index is 1.94. The average Bonchev–Trinajstić information content (AvgIpc) is 2.66. The first-order valence-electron chi connectivity index (χ1n) is 7.94. The van der Waals surface area contributed by atoms with E-state index in [1.165, 1.54) is 28.7 Å². The Bertz CT molecular complexity index is 727. The lowest BCUT2D eigenvalue weighted by Crippen LogP contribution is -2.39. The molecule has 2 aromatic carbocycles. The van der Waals surface area contributed by atoms with Crippen molar-refractivity contribution in [2.45, 2.75) is 31.2 Å². The lowest BCUT2D eigenvalue weighted by atomic mass is 9.74. The molecule has 2 aromatic rings. The van der Waals surface area contributed by atoms with Crippen LogP contribution in [0.5, 0.6) is 5.75 Å². The molecule has 0 saturated carbocycles. The first-order chi connectivity index (χ1) is 10.6. The number of rotatable bonds is 0. The Morgan fingerprint density at radius 1 is 1.09 bits per heavy atom. The fraction of sp³-hybridized carbons (Fsp3) is 0.368. The summed E-state index contributed by atoms with van der Waals surface area (Å²) in [7, 11) is 2.22. The van der Waals surface area contributed by atoms with Gasteiger partial charge in [0.25, 0.3) is 0 Å². The van der Waals surface area contributed by atoms with Gasteiger partial charge in [-0.3, -0.25) is 0 Å². The zero-order valence-corrected chi connectivity index (χ0v) is 13.5. The lowest BCUT2D eigenvalue weighted by Gasteiger charge is -2.38. The zero-order chi connectivity index (χ0) is 15.3. The molecule has 0 saturated heterocycles. The maximum atomic E-state index is 10.1. The quantitative estimate of drug-likeness (QED) is 0.795. The number of fused-ring (bicyclic) bond motifs is 5. The number of likely N-dealkylation sites (N-methyl/N-ethyl adjacent to an activating group) is 1. The molecule has 22 heavy (non-hydrogen) atoms. The van der Waals surface area contributed by atoms with Crippen LogP contribution in [-0.2, 0) is 12.8 Å². The molecule has 1 aliphatic carbocycles. The van der Waals surface area contributed by atoms with Gasteiger partial charge >= 0.3 is 0 Å². The van der Waals surface area contributed by atoms with Gasteiger partial charge in [0.05, 0.1) is 5.02 Å². The van der Waals surface area contributed by atoms with Crippen molar-refractivity contribution in [2.75, 3.05) is 13.6 Å². The van der Waals surface area contributed by atoms with E-state index in [1.54, 1.807) is 0 Å². The Kier molecular flexibility index (Phi) is 3.39. The SMILES string of the molecule is CN1CCc2cc(Cl)c(O)cc2[C@@H]2c3ccccc3CC[C@H]21. The fourth-order valence-electron chi connectivity index (χ4n) is 4.18. The molecule has 3 heteroatoms. The molecular formula is C19H20ClNO. The van der Waals surface area contributed by atoms with Gasteiger partial charge in [-0.15, -0.1) is 0 Å². The van der Waals surface area contributed by atoms with Crippen LogP contribution in [0.4, 0.5) is 0 Å². The molecule has 2 aliphatic rings. The molecule has 0 bridgehead atoms. The summed E-state index contributed by atoms with van der Waals surface area (Å²) in [6.45, 7) is 1.04. The minimum absolute atomic E-state index is 0.201. The molecular weight excluding hydrogens is 294 g/mol. The molecule has 0 unspecified atom stereocenters. The highest BCUT2D eigenvalue weighted by Crippen LogP contribution is 2.44. The number of nitrogens with zero attached hydrogens (tertiary/aromatic N) is 1. The first-order valence-corrected chi connectivity index (χ1v) is 8.32. The van der Waals surface area contributed by atoms with Crippen LogP contribution in [0.1, 0.15) is 34.6 Å². The predicted molar refractivity (Wildman–Crippen MR) is 89.8 cm³/mol. The van der Waals surface area contributed by atoms with Crippen LogP contribution >= 0.6 is 11.6 Å². The summed E-state index contributed by atoms with van der Waals surface area (Å²) >= 11 is 6.15. The smallest absolute Gasteiger partial charge is 0.134 e. The molecule has 114 valence electrons. The third-order valence-electron chi connectivity index (χ3n) is 5.33. The Morgan fingerprint density at radius 2 is 1.91 bits per heavy atom. The van der Waals surface area contributed by atoms with E-state index in [0.29, 0.717) is 17.0 Å². The first kappa shape index (κ1) is 14.1. The van der Waals surface area contributed by atoms with Crippen molar-refractivity contribution >= 4 is 11.6 Å². The second kappa shape index (κ2) is 5.29. The number of hydrogen-bond acceptors (Lipinski definition) is 2. The van der Waals surface area contributed by atoms with Gasteiger partial charge in [-0.05, 0) is 60.7 Å². The average molecular weight is 314 g/mol. The van der Waals surface area contributed by atoms with E-state index in [-0.39, 0.29) is 5.75 Å². The van der Waals surface area contributed by atoms with Crippen molar-refractivity contribution in [3.8, 4) is 5.75 Å². The number of hydrogen-bond donors (Lipinski definition) is 1. The normalized spacial score (nSPS) is 24.1. The third kappa shape index (κ3) is 2.13. The number of phenolic OH excluding ortho intramolecular Hbond substituents is 1. The molecule has 0 spiro atoms. The summed E-state index contributed by atoms with van der Waals surface area (Å²) in [5.74, 6) is 0.530. The van der Waals surface area contributed by atoms with E-state index in [1.807, 2.05) is 12.1 Å². The predicted octanol–water partition coefficient (Wildman–Crippen LogP) is 3.98. The van der Waals surface area contributed by atoms with Crippen molar-refractivity contribution in [3.05, 3.63) is 63.7 Å².